The number of hydrogen-bond acceptors (Lipinski definition) is 5. The minimum atomic E-state index is -0.958. The van der Waals surface area contributed by atoms with Crippen molar-refractivity contribution in [3.8, 4) is 0 Å². The monoisotopic (exact) mass is 429 g/mol. The van der Waals surface area contributed by atoms with Gasteiger partial charge in [-0.15, -0.1) is 0 Å². The van der Waals surface area contributed by atoms with Crippen molar-refractivity contribution in [2.45, 2.75) is 78.5 Å². The fourth-order valence-corrected chi connectivity index (χ4v) is 4.95. The van der Waals surface area contributed by atoms with Crippen molar-refractivity contribution < 1.29 is 23.9 Å². The molecule has 0 aliphatic carbocycles. The number of hydrogen-bond donors (Lipinski definition) is 0. The van der Waals surface area contributed by atoms with Crippen LogP contribution in [0.3, 0.4) is 0 Å². The Balaban J connectivity index is 2.16. The number of Topliss-reactive ketones (excluding diaryl/α,β-unsaturated/α-hetero) is 1. The molecule has 4 atom stereocenters. The minimum Gasteiger partial charge on any atom is -0.464 e. The molecule has 0 unspecified atom stereocenters. The van der Waals surface area contributed by atoms with Crippen LogP contribution in [0.5, 0.6) is 0 Å². The van der Waals surface area contributed by atoms with Gasteiger partial charge >= 0.3 is 5.97 Å². The van der Waals surface area contributed by atoms with E-state index >= 15 is 0 Å². The predicted molar refractivity (Wildman–Crippen MR) is 117 cm³/mol. The third-order valence-electron chi connectivity index (χ3n) is 6.37. The predicted octanol–water partition coefficient (Wildman–Crippen LogP) is 3.86. The number of benzene rings is 1. The Morgan fingerprint density at radius 1 is 1.16 bits per heavy atom. The molecule has 170 valence electrons. The molecule has 2 aliphatic rings. The second kappa shape index (κ2) is 9.51. The second-order valence-electron chi connectivity index (χ2n) is 9.50. The number of aryl methyl sites for hydroxylation is 1. The zero-order valence-corrected chi connectivity index (χ0v) is 19.3. The molecule has 31 heavy (non-hydrogen) atoms. The number of carbonyl (C=O) groups excluding carboxylic acids is 3. The molecule has 2 aliphatic heterocycles. The van der Waals surface area contributed by atoms with E-state index in [-0.39, 0.29) is 18.3 Å². The van der Waals surface area contributed by atoms with Crippen LogP contribution >= 0.6 is 0 Å². The average molecular weight is 430 g/mol. The Bertz CT molecular complexity index is 821. The van der Waals surface area contributed by atoms with E-state index in [0.29, 0.717) is 13.0 Å². The molecule has 0 spiro atoms. The highest BCUT2D eigenvalue weighted by molar-refractivity contribution is 6.03. The van der Waals surface area contributed by atoms with Crippen LogP contribution in [0.2, 0.25) is 0 Å². The van der Waals surface area contributed by atoms with Crippen molar-refractivity contribution in [1.82, 2.24) is 4.90 Å². The van der Waals surface area contributed by atoms with Crippen molar-refractivity contribution in [3.05, 3.63) is 35.4 Å². The fourth-order valence-electron chi connectivity index (χ4n) is 4.95. The molecule has 2 heterocycles. The molecule has 0 aromatic heterocycles. The van der Waals surface area contributed by atoms with Crippen molar-refractivity contribution in [1.29, 1.82) is 0 Å². The number of amides is 1. The molecule has 0 saturated carbocycles. The first-order valence-electron chi connectivity index (χ1n) is 11.4. The smallest absolute Gasteiger partial charge is 0.329 e. The van der Waals surface area contributed by atoms with Gasteiger partial charge in [0.05, 0.1) is 12.5 Å². The summed E-state index contributed by atoms with van der Waals surface area (Å²) in [5.74, 6) is -1.56. The molecule has 0 bridgehead atoms. The second-order valence-corrected chi connectivity index (χ2v) is 9.50. The fraction of sp³-hybridized carbons (Fsp3) is 0.640. The highest BCUT2D eigenvalue weighted by Crippen LogP contribution is 2.46. The molecule has 6 heteroatoms. The number of likely N-dealkylation sites (tertiary alicyclic amines) is 1. The van der Waals surface area contributed by atoms with Crippen LogP contribution in [-0.4, -0.2) is 47.9 Å². The molecule has 1 amide bonds. The summed E-state index contributed by atoms with van der Waals surface area (Å²) in [6, 6.07) is 5.92. The van der Waals surface area contributed by atoms with Gasteiger partial charge in [-0.3, -0.25) is 9.59 Å². The Labute approximate surface area is 185 Å². The minimum absolute atomic E-state index is 0.101. The Hall–Kier alpha value is -2.21. The maximum absolute atomic E-state index is 13.9. The van der Waals surface area contributed by atoms with Crippen molar-refractivity contribution >= 4 is 17.7 Å². The lowest BCUT2D eigenvalue weighted by Gasteiger charge is -2.35. The first-order valence-corrected chi connectivity index (χ1v) is 11.4. The zero-order valence-electron chi connectivity index (χ0n) is 19.3. The number of esters is 1. The summed E-state index contributed by atoms with van der Waals surface area (Å²) in [5.41, 5.74) is 1.27. The first kappa shape index (κ1) is 23.5. The topological polar surface area (TPSA) is 72.9 Å². The maximum Gasteiger partial charge on any atom is 0.329 e. The summed E-state index contributed by atoms with van der Waals surface area (Å²) in [4.78, 5) is 42.3. The SMILES string of the molecule is CCOC(=O)[C@@H]1[C@@H](C(C)(C)C)C(=O)[C@H](c2ccccc2CC)N1C(=O)[C@@H]1CCCCO1. The Morgan fingerprint density at radius 2 is 1.87 bits per heavy atom. The van der Waals surface area contributed by atoms with E-state index < -0.39 is 35.5 Å². The van der Waals surface area contributed by atoms with E-state index in [1.165, 1.54) is 4.90 Å². The zero-order chi connectivity index (χ0) is 22.8. The number of nitrogens with zero attached hydrogens (tertiary/aromatic N) is 1. The molecule has 6 nitrogen and oxygen atoms in total. The van der Waals surface area contributed by atoms with Crippen LogP contribution in [0.1, 0.15) is 71.0 Å². The lowest BCUT2D eigenvalue weighted by Crippen LogP contribution is -2.51. The van der Waals surface area contributed by atoms with Crippen molar-refractivity contribution in [3.63, 3.8) is 0 Å². The summed E-state index contributed by atoms with van der Waals surface area (Å²) >= 11 is 0. The van der Waals surface area contributed by atoms with Gasteiger partial charge in [0.25, 0.3) is 5.91 Å². The van der Waals surface area contributed by atoms with E-state index in [1.807, 2.05) is 52.0 Å². The third-order valence-corrected chi connectivity index (χ3v) is 6.37. The molecule has 3 rings (SSSR count). The quantitative estimate of drug-likeness (QED) is 0.665. The van der Waals surface area contributed by atoms with Crippen LogP contribution in [0.4, 0.5) is 0 Å². The van der Waals surface area contributed by atoms with E-state index in [4.69, 9.17) is 9.47 Å². The first-order chi connectivity index (χ1) is 14.7. The van der Waals surface area contributed by atoms with Crippen molar-refractivity contribution in [2.24, 2.45) is 11.3 Å². The molecular formula is C25H35NO5. The molecule has 2 saturated heterocycles. The van der Waals surface area contributed by atoms with Crippen LogP contribution in [-0.2, 0) is 30.3 Å². The molecule has 1 aromatic rings. The average Bonchev–Trinajstić information content (AvgIpc) is 3.07. The van der Waals surface area contributed by atoms with Gasteiger partial charge in [-0.2, -0.15) is 0 Å². The van der Waals surface area contributed by atoms with Crippen LogP contribution in [0.15, 0.2) is 24.3 Å². The van der Waals surface area contributed by atoms with Gasteiger partial charge in [0.1, 0.15) is 18.2 Å². The summed E-state index contributed by atoms with van der Waals surface area (Å²) in [6.07, 6.45) is 2.50. The number of rotatable bonds is 5. The van der Waals surface area contributed by atoms with Gasteiger partial charge in [0.15, 0.2) is 5.78 Å². The highest BCUT2D eigenvalue weighted by atomic mass is 16.5. The highest BCUT2D eigenvalue weighted by Gasteiger charge is 2.59. The van der Waals surface area contributed by atoms with E-state index in [1.54, 1.807) is 6.92 Å². The summed E-state index contributed by atoms with van der Waals surface area (Å²) in [6.45, 7) is 10.3. The lowest BCUT2D eigenvalue weighted by atomic mass is 9.74. The molecular weight excluding hydrogens is 394 g/mol. The normalized spacial score (nSPS) is 26.7. The van der Waals surface area contributed by atoms with Crippen molar-refractivity contribution in [2.75, 3.05) is 13.2 Å². The number of ketones is 1. The van der Waals surface area contributed by atoms with Gasteiger partial charge in [0.2, 0.25) is 0 Å². The lowest BCUT2D eigenvalue weighted by molar-refractivity contribution is -0.162. The standard InChI is InChI=1S/C25H35NO5/c1-6-16-12-8-9-13-17(16)20-22(27)19(25(3,4)5)21(24(29)30-7-2)26(20)23(28)18-14-10-11-15-31-18/h8-9,12-13,18-21H,6-7,10-11,14-15H2,1-5H3/t18-,19+,20-,21-/m0/s1. The summed E-state index contributed by atoms with van der Waals surface area (Å²) < 4.78 is 11.2. The van der Waals surface area contributed by atoms with Gasteiger partial charge in [-0.25, -0.2) is 4.79 Å². The van der Waals surface area contributed by atoms with Gasteiger partial charge in [0, 0.05) is 6.61 Å². The van der Waals surface area contributed by atoms with Crippen LogP contribution in [0, 0.1) is 11.3 Å². The number of carbonyl (C=O) groups is 3. The molecule has 2 fully saturated rings. The molecule has 0 N–H and O–H groups in total. The van der Waals surface area contributed by atoms with Gasteiger partial charge in [-0.1, -0.05) is 52.0 Å². The Kier molecular flexibility index (Phi) is 7.20. The van der Waals surface area contributed by atoms with E-state index in [0.717, 1.165) is 30.4 Å². The van der Waals surface area contributed by atoms with E-state index in [2.05, 4.69) is 0 Å². The Morgan fingerprint density at radius 3 is 2.45 bits per heavy atom. The van der Waals surface area contributed by atoms with Gasteiger partial charge in [-0.05, 0) is 49.1 Å². The summed E-state index contributed by atoms with van der Waals surface area (Å²) in [7, 11) is 0. The third kappa shape index (κ3) is 4.54. The number of ether oxygens (including phenoxy) is 2. The molecule has 0 radical (unpaired) electrons. The van der Waals surface area contributed by atoms with Crippen LogP contribution < -0.4 is 0 Å². The largest absolute Gasteiger partial charge is 0.464 e. The van der Waals surface area contributed by atoms with Gasteiger partial charge < -0.3 is 14.4 Å². The maximum atomic E-state index is 13.9. The molecule has 1 aromatic carbocycles. The van der Waals surface area contributed by atoms with E-state index in [9.17, 15) is 14.4 Å². The van der Waals surface area contributed by atoms with Crippen LogP contribution in [0.25, 0.3) is 0 Å². The summed E-state index contributed by atoms with van der Waals surface area (Å²) in [5, 5.41) is 0.